The first-order valence-electron chi connectivity index (χ1n) is 17.6. The molecule has 8 rings (SSSR count). The van der Waals surface area contributed by atoms with Crippen molar-refractivity contribution in [2.45, 2.75) is 24.2 Å². The maximum atomic E-state index is 15.4. The minimum Gasteiger partial charge on any atom is -0.505 e. The molecule has 2 aliphatic carbocycles. The Hall–Kier alpha value is -6.48. The number of rotatable bonds is 7. The number of phenols is 1. The molecule has 6 atom stereocenters. The Morgan fingerprint density at radius 3 is 2.11 bits per heavy atom. The van der Waals surface area contributed by atoms with Crippen LogP contribution in [0.1, 0.15) is 29.9 Å². The molecule has 0 aromatic heterocycles. The first-order chi connectivity index (χ1) is 26.7. The number of allylic oxidation sites excluding steroid dienone is 2. The van der Waals surface area contributed by atoms with Crippen molar-refractivity contribution in [3.05, 3.63) is 139 Å². The molecule has 14 nitrogen and oxygen atoms in total. The van der Waals surface area contributed by atoms with Gasteiger partial charge in [0, 0.05) is 42.7 Å². The molecule has 4 aromatic rings. The summed E-state index contributed by atoms with van der Waals surface area (Å²) in [5.41, 5.74) is -2.89. The Morgan fingerprint density at radius 1 is 0.821 bits per heavy atom. The zero-order valence-electron chi connectivity index (χ0n) is 29.7. The molecule has 1 saturated carbocycles. The molecule has 0 spiro atoms. The van der Waals surface area contributed by atoms with Crippen LogP contribution < -0.4 is 14.7 Å². The predicted octanol–water partition coefficient (Wildman–Crippen LogP) is 6.43. The number of anilines is 3. The number of hydrogen-bond donors (Lipinski definition) is 1. The number of phenolic OH excluding ortho intramolecular Hbond substituents is 1. The van der Waals surface area contributed by atoms with E-state index in [0.717, 1.165) is 28.0 Å². The summed E-state index contributed by atoms with van der Waals surface area (Å²) in [6.07, 6.45) is 1.49. The van der Waals surface area contributed by atoms with Gasteiger partial charge >= 0.3 is 11.4 Å². The van der Waals surface area contributed by atoms with Crippen LogP contribution >= 0.6 is 11.6 Å². The van der Waals surface area contributed by atoms with Crippen LogP contribution in [0.3, 0.4) is 0 Å². The standard InChI is InChI=1S/C40H31ClFN5O9/c1-43(2)34-30(46(53)54)17-23(18-31(34)47(55)56)44-36(49)25-15-14-24-27(32(25)38(44)51)19-28-37(50)45(22-11-6-10-21(41)16-22)39(52)40(28,20-8-4-3-5-9-20)33(24)26-12-7-13-29(42)35(26)48/h3-14,16-18,25,27-28,32-33,48H,15,19H2,1-2H3. The fourth-order valence-corrected chi connectivity index (χ4v) is 9.75. The summed E-state index contributed by atoms with van der Waals surface area (Å²) >= 11 is 6.33. The lowest BCUT2D eigenvalue weighted by Gasteiger charge is -2.50. The number of carbonyl (C=O) groups is 4. The molecule has 56 heavy (non-hydrogen) atoms. The number of benzene rings is 4. The number of aromatic hydroxyl groups is 1. The molecule has 0 radical (unpaired) electrons. The summed E-state index contributed by atoms with van der Waals surface area (Å²) in [6.45, 7) is 0. The monoisotopic (exact) mass is 779 g/mol. The van der Waals surface area contributed by atoms with Gasteiger partial charge in [-0.3, -0.25) is 39.4 Å². The molecular weight excluding hydrogens is 749 g/mol. The number of carbonyl (C=O) groups excluding carboxylic acids is 4. The molecule has 2 saturated heterocycles. The van der Waals surface area contributed by atoms with Crippen LogP contribution in [0.5, 0.6) is 5.75 Å². The van der Waals surface area contributed by atoms with Crippen molar-refractivity contribution in [2.24, 2.45) is 23.7 Å². The summed E-state index contributed by atoms with van der Waals surface area (Å²) in [5, 5.41) is 36.0. The molecule has 2 heterocycles. The van der Waals surface area contributed by atoms with Gasteiger partial charge in [-0.1, -0.05) is 71.8 Å². The second-order valence-electron chi connectivity index (χ2n) is 14.5. The van der Waals surface area contributed by atoms with Gasteiger partial charge in [-0.25, -0.2) is 14.2 Å². The van der Waals surface area contributed by atoms with Gasteiger partial charge in [0.25, 0.3) is 0 Å². The lowest BCUT2D eigenvalue weighted by Crippen LogP contribution is -2.53. The molecule has 4 amide bonds. The summed E-state index contributed by atoms with van der Waals surface area (Å²) in [6, 6.07) is 20.4. The SMILES string of the molecule is CN(C)c1c([N+](=O)[O-])cc(N2C(=O)C3CC=C4C(CC5C(=O)N(c6cccc(Cl)c6)C(=O)C5(c5ccccc5)C4c4cccc(F)c4O)C3C2=O)cc1[N+](=O)[O-]. The van der Waals surface area contributed by atoms with Crippen LogP contribution in [0.15, 0.2) is 96.6 Å². The van der Waals surface area contributed by atoms with E-state index in [4.69, 9.17) is 11.6 Å². The number of fused-ring (bicyclic) bond motifs is 4. The van der Waals surface area contributed by atoms with Crippen molar-refractivity contribution < 1.29 is 38.5 Å². The Morgan fingerprint density at radius 2 is 1.48 bits per heavy atom. The molecule has 1 N–H and O–H groups in total. The Kier molecular flexibility index (Phi) is 8.52. The van der Waals surface area contributed by atoms with Crippen LogP contribution in [0.2, 0.25) is 5.02 Å². The van der Waals surface area contributed by atoms with Gasteiger partial charge in [0.2, 0.25) is 23.6 Å². The van der Waals surface area contributed by atoms with Crippen LogP contribution in [0.25, 0.3) is 0 Å². The Labute approximate surface area is 322 Å². The molecule has 2 aliphatic heterocycles. The molecule has 6 unspecified atom stereocenters. The van der Waals surface area contributed by atoms with Crippen molar-refractivity contribution in [1.82, 2.24) is 0 Å². The van der Waals surface area contributed by atoms with E-state index in [0.29, 0.717) is 11.1 Å². The van der Waals surface area contributed by atoms with Gasteiger partial charge in [-0.2, -0.15) is 0 Å². The molecule has 16 heteroatoms. The molecular formula is C40H31ClFN5O9. The Balaban J connectivity index is 1.33. The minimum atomic E-state index is -1.78. The van der Waals surface area contributed by atoms with Gasteiger partial charge in [0.1, 0.15) is 0 Å². The summed E-state index contributed by atoms with van der Waals surface area (Å²) in [4.78, 5) is 84.8. The second kappa shape index (κ2) is 13.1. The summed E-state index contributed by atoms with van der Waals surface area (Å²) < 4.78 is 15.4. The van der Waals surface area contributed by atoms with Crippen molar-refractivity contribution in [1.29, 1.82) is 0 Å². The van der Waals surface area contributed by atoms with Gasteiger partial charge in [-0.05, 0) is 48.6 Å². The topological polar surface area (TPSA) is 185 Å². The first kappa shape index (κ1) is 36.5. The number of nitro benzene ring substituents is 2. The second-order valence-corrected chi connectivity index (χ2v) is 15.0. The highest BCUT2D eigenvalue weighted by Gasteiger charge is 2.70. The van der Waals surface area contributed by atoms with Crippen molar-refractivity contribution in [2.75, 3.05) is 28.8 Å². The molecule has 284 valence electrons. The summed E-state index contributed by atoms with van der Waals surface area (Å²) in [7, 11) is 2.77. The van der Waals surface area contributed by atoms with E-state index in [1.54, 1.807) is 54.6 Å². The van der Waals surface area contributed by atoms with E-state index in [1.165, 1.54) is 37.2 Å². The highest BCUT2D eigenvalue weighted by atomic mass is 35.5. The van der Waals surface area contributed by atoms with E-state index in [1.807, 2.05) is 0 Å². The van der Waals surface area contributed by atoms with Crippen LogP contribution in [-0.2, 0) is 24.6 Å². The molecule has 4 aromatic carbocycles. The van der Waals surface area contributed by atoms with Gasteiger partial charge in [0.15, 0.2) is 17.3 Å². The zero-order valence-corrected chi connectivity index (χ0v) is 30.4. The number of nitro groups is 2. The average molecular weight is 780 g/mol. The predicted molar refractivity (Wildman–Crippen MR) is 201 cm³/mol. The van der Waals surface area contributed by atoms with Crippen LogP contribution in [-0.4, -0.2) is 52.7 Å². The van der Waals surface area contributed by atoms with E-state index < -0.39 is 91.4 Å². The number of halogens is 2. The van der Waals surface area contributed by atoms with Gasteiger partial charge in [0.05, 0.1) is 44.4 Å². The van der Waals surface area contributed by atoms with E-state index in [9.17, 15) is 39.7 Å². The first-order valence-corrected chi connectivity index (χ1v) is 18.0. The molecule has 3 fully saturated rings. The largest absolute Gasteiger partial charge is 0.505 e. The number of para-hydroxylation sites is 1. The van der Waals surface area contributed by atoms with E-state index in [2.05, 4.69) is 0 Å². The number of amides is 4. The normalized spacial score (nSPS) is 25.4. The fourth-order valence-electron chi connectivity index (χ4n) is 9.56. The van der Waals surface area contributed by atoms with Crippen molar-refractivity contribution in [3.8, 4) is 5.75 Å². The number of nitrogens with zero attached hydrogens (tertiary/aromatic N) is 5. The minimum absolute atomic E-state index is 0.0125. The smallest absolute Gasteiger partial charge is 0.301 e. The quantitative estimate of drug-likeness (QED) is 0.0949. The lowest BCUT2D eigenvalue weighted by atomic mass is 9.49. The molecule has 0 bridgehead atoms. The molecule has 4 aliphatic rings. The van der Waals surface area contributed by atoms with Gasteiger partial charge < -0.3 is 10.0 Å². The average Bonchev–Trinajstić information content (AvgIpc) is 3.56. The number of imide groups is 2. The van der Waals surface area contributed by atoms with Crippen LogP contribution in [0.4, 0.5) is 32.8 Å². The van der Waals surface area contributed by atoms with E-state index >= 15 is 9.18 Å². The zero-order chi connectivity index (χ0) is 40.0. The Bertz CT molecular complexity index is 2420. The third-order valence-corrected chi connectivity index (χ3v) is 11.9. The fraction of sp³-hybridized carbons (Fsp3) is 0.250. The van der Waals surface area contributed by atoms with Gasteiger partial charge in [-0.15, -0.1) is 0 Å². The summed E-state index contributed by atoms with van der Waals surface area (Å²) in [5.74, 6) is -10.2. The van der Waals surface area contributed by atoms with Crippen LogP contribution in [0, 0.1) is 49.7 Å². The maximum Gasteiger partial charge on any atom is 0.301 e. The highest BCUT2D eigenvalue weighted by molar-refractivity contribution is 6.32. The van der Waals surface area contributed by atoms with E-state index in [-0.39, 0.29) is 40.5 Å². The van der Waals surface area contributed by atoms with Crippen molar-refractivity contribution in [3.63, 3.8) is 0 Å². The third-order valence-electron chi connectivity index (χ3n) is 11.6. The third kappa shape index (κ3) is 5.06. The van der Waals surface area contributed by atoms with Crippen molar-refractivity contribution >= 4 is 63.7 Å². The maximum absolute atomic E-state index is 15.4. The lowest BCUT2D eigenvalue weighted by molar-refractivity contribution is -0.392. The number of hydrogen-bond acceptors (Lipinski definition) is 10. The highest BCUT2D eigenvalue weighted by Crippen LogP contribution is 2.65.